The molecular weight excluding hydrogens is 298 g/mol. The highest BCUT2D eigenvalue weighted by atomic mass is 16.6. The highest BCUT2D eigenvalue weighted by molar-refractivity contribution is 5.99. The molecule has 1 heterocycles. The summed E-state index contributed by atoms with van der Waals surface area (Å²) >= 11 is 0. The Balaban J connectivity index is 2.21. The van der Waals surface area contributed by atoms with Crippen molar-refractivity contribution >= 4 is 22.6 Å². The molecule has 0 bridgehead atoms. The van der Waals surface area contributed by atoms with Crippen LogP contribution in [-0.2, 0) is 11.2 Å². The monoisotopic (exact) mass is 311 g/mol. The third-order valence-corrected chi connectivity index (χ3v) is 3.54. The van der Waals surface area contributed by atoms with Gasteiger partial charge in [-0.1, -0.05) is 36.4 Å². The molecule has 0 aliphatic rings. The third kappa shape index (κ3) is 2.84. The van der Waals surface area contributed by atoms with Crippen LogP contribution in [0.25, 0.3) is 22.1 Å². The molecule has 1 N–H and O–H groups in total. The van der Waals surface area contributed by atoms with Gasteiger partial charge in [0.05, 0.1) is 0 Å². The number of hydrogen-bond acceptors (Lipinski definition) is 5. The number of nitro groups is 1. The molecule has 0 aliphatic heterocycles. The van der Waals surface area contributed by atoms with Crippen LogP contribution in [0.5, 0.6) is 0 Å². The van der Waals surface area contributed by atoms with Gasteiger partial charge in [0.2, 0.25) is 0 Å². The van der Waals surface area contributed by atoms with Crippen LogP contribution in [0.15, 0.2) is 52.9 Å². The molecule has 0 saturated carbocycles. The summed E-state index contributed by atoms with van der Waals surface area (Å²) in [6.45, 7) is -0.533. The lowest BCUT2D eigenvalue weighted by Crippen LogP contribution is -2.06. The smallest absolute Gasteiger partial charge is 0.400 e. The van der Waals surface area contributed by atoms with Crippen molar-refractivity contribution in [3.8, 4) is 11.1 Å². The number of nitrogens with zero attached hydrogens (tertiary/aromatic N) is 1. The fraction of sp³-hybridized carbons (Fsp3) is 0.118. The predicted molar refractivity (Wildman–Crippen MR) is 84.1 cm³/mol. The summed E-state index contributed by atoms with van der Waals surface area (Å²) in [5, 5.41) is 20.7. The number of benzene rings is 2. The van der Waals surface area contributed by atoms with Crippen LogP contribution in [0.2, 0.25) is 0 Å². The normalized spacial score (nSPS) is 10.8. The lowest BCUT2D eigenvalue weighted by Gasteiger charge is -2.01. The molecule has 0 spiro atoms. The van der Waals surface area contributed by atoms with Gasteiger partial charge in [-0.2, -0.15) is 0 Å². The van der Waals surface area contributed by atoms with E-state index >= 15 is 0 Å². The Labute approximate surface area is 131 Å². The van der Waals surface area contributed by atoms with Crippen molar-refractivity contribution in [3.05, 3.63) is 64.2 Å². The minimum absolute atomic E-state index is 0.0691. The van der Waals surface area contributed by atoms with Crippen molar-refractivity contribution in [1.29, 1.82) is 0 Å². The van der Waals surface area contributed by atoms with Gasteiger partial charge < -0.3 is 9.52 Å². The minimum Gasteiger partial charge on any atom is -0.400 e. The van der Waals surface area contributed by atoms with Crippen molar-refractivity contribution in [3.63, 3.8) is 0 Å². The molecule has 0 radical (unpaired) electrons. The van der Waals surface area contributed by atoms with E-state index in [4.69, 9.17) is 9.52 Å². The Bertz CT molecular complexity index is 883. The average molecular weight is 311 g/mol. The molecule has 0 aliphatic carbocycles. The number of aliphatic hydroxyl groups excluding tert-OH is 1. The van der Waals surface area contributed by atoms with Crippen molar-refractivity contribution in [1.82, 2.24) is 0 Å². The van der Waals surface area contributed by atoms with Crippen LogP contribution in [0, 0.1) is 10.1 Å². The Morgan fingerprint density at radius 1 is 1.17 bits per heavy atom. The number of hydrogen-bond donors (Lipinski definition) is 1. The second-order valence-electron chi connectivity index (χ2n) is 5.11. The summed E-state index contributed by atoms with van der Waals surface area (Å²) in [6.07, 6.45) is 0.0691. The second kappa shape index (κ2) is 6.02. The Hall–Kier alpha value is -2.99. The topological polar surface area (TPSA) is 93.6 Å². The molecule has 1 aromatic heterocycles. The van der Waals surface area contributed by atoms with E-state index in [0.717, 1.165) is 0 Å². The number of fused-ring (bicyclic) bond motifs is 1. The van der Waals surface area contributed by atoms with E-state index in [1.165, 1.54) is 0 Å². The zero-order valence-electron chi connectivity index (χ0n) is 12.1. The first kappa shape index (κ1) is 14.9. The van der Waals surface area contributed by atoms with Crippen LogP contribution in [-0.4, -0.2) is 22.4 Å². The maximum absolute atomic E-state index is 11.4. The highest BCUT2D eigenvalue weighted by Crippen LogP contribution is 2.40. The number of carbonyl (C=O) groups excluding carboxylic acids is 1. The molecular formula is C17H13NO5. The number of carbonyl (C=O) groups is 1. The van der Waals surface area contributed by atoms with Gasteiger partial charge in [-0.25, -0.2) is 0 Å². The van der Waals surface area contributed by atoms with E-state index in [9.17, 15) is 14.9 Å². The van der Waals surface area contributed by atoms with E-state index < -0.39 is 11.5 Å². The van der Waals surface area contributed by atoms with Crippen LogP contribution >= 0.6 is 0 Å². The SMILES string of the molecule is O=C(CO)Cc1ccc2oc([N+](=O)[O-])c(-c3ccccc3)c2c1. The van der Waals surface area contributed by atoms with Crippen LogP contribution < -0.4 is 0 Å². The van der Waals surface area contributed by atoms with E-state index in [-0.39, 0.29) is 18.1 Å². The van der Waals surface area contributed by atoms with Gasteiger partial charge in [0.1, 0.15) is 22.7 Å². The molecule has 23 heavy (non-hydrogen) atoms. The van der Waals surface area contributed by atoms with Gasteiger partial charge in [0, 0.05) is 11.8 Å². The molecule has 2 aromatic carbocycles. The number of furan rings is 1. The molecule has 0 saturated heterocycles. The fourth-order valence-corrected chi connectivity index (χ4v) is 2.54. The second-order valence-corrected chi connectivity index (χ2v) is 5.11. The van der Waals surface area contributed by atoms with Crippen LogP contribution in [0.1, 0.15) is 5.56 Å². The minimum atomic E-state index is -0.555. The number of Topliss-reactive ketones (excluding diaryl/α,β-unsaturated/α-hetero) is 1. The summed E-state index contributed by atoms with van der Waals surface area (Å²) in [5.74, 6) is -0.638. The van der Waals surface area contributed by atoms with Gasteiger partial charge in [-0.05, 0) is 23.3 Å². The summed E-state index contributed by atoms with van der Waals surface area (Å²) in [6, 6.07) is 13.9. The largest absolute Gasteiger partial charge is 0.442 e. The molecule has 3 aromatic rings. The van der Waals surface area contributed by atoms with Crippen molar-refractivity contribution in [2.24, 2.45) is 0 Å². The summed E-state index contributed by atoms with van der Waals surface area (Å²) in [5.41, 5.74) is 2.12. The number of ketones is 1. The van der Waals surface area contributed by atoms with Gasteiger partial charge in [-0.3, -0.25) is 14.9 Å². The number of aliphatic hydroxyl groups is 1. The van der Waals surface area contributed by atoms with Crippen LogP contribution in [0.3, 0.4) is 0 Å². The Morgan fingerprint density at radius 2 is 1.91 bits per heavy atom. The lowest BCUT2D eigenvalue weighted by molar-refractivity contribution is -0.400. The first-order valence-corrected chi connectivity index (χ1v) is 6.98. The molecule has 116 valence electrons. The molecule has 6 nitrogen and oxygen atoms in total. The van der Waals surface area contributed by atoms with E-state index in [1.54, 1.807) is 42.5 Å². The van der Waals surface area contributed by atoms with Gasteiger partial charge in [0.25, 0.3) is 0 Å². The maximum atomic E-state index is 11.4. The Morgan fingerprint density at radius 3 is 2.57 bits per heavy atom. The highest BCUT2D eigenvalue weighted by Gasteiger charge is 2.25. The van der Waals surface area contributed by atoms with Gasteiger partial charge in [0.15, 0.2) is 5.78 Å². The summed E-state index contributed by atoms with van der Waals surface area (Å²) in [7, 11) is 0. The Kier molecular flexibility index (Phi) is 3.91. The fourth-order valence-electron chi connectivity index (χ4n) is 2.54. The molecule has 0 atom stereocenters. The average Bonchev–Trinajstić information content (AvgIpc) is 2.94. The zero-order valence-corrected chi connectivity index (χ0v) is 12.1. The third-order valence-electron chi connectivity index (χ3n) is 3.54. The first-order valence-electron chi connectivity index (χ1n) is 6.98. The van der Waals surface area contributed by atoms with Gasteiger partial charge >= 0.3 is 5.88 Å². The van der Waals surface area contributed by atoms with E-state index in [2.05, 4.69) is 0 Å². The van der Waals surface area contributed by atoms with Gasteiger partial charge in [-0.15, -0.1) is 0 Å². The zero-order chi connectivity index (χ0) is 16.4. The molecule has 6 heteroatoms. The number of rotatable bonds is 5. The van der Waals surface area contributed by atoms with E-state index in [0.29, 0.717) is 27.7 Å². The van der Waals surface area contributed by atoms with Crippen molar-refractivity contribution < 1.29 is 19.2 Å². The molecule has 0 unspecified atom stereocenters. The predicted octanol–water partition coefficient (Wildman–Crippen LogP) is 3.11. The molecule has 0 fully saturated rings. The standard InChI is InChI=1S/C17H13NO5/c19-10-13(20)8-11-6-7-15-14(9-11)16(17(23-15)18(21)22)12-4-2-1-3-5-12/h1-7,9,19H,8,10H2. The lowest BCUT2D eigenvalue weighted by atomic mass is 10.0. The quantitative estimate of drug-likeness (QED) is 0.577. The summed E-state index contributed by atoms with van der Waals surface area (Å²) < 4.78 is 5.37. The summed E-state index contributed by atoms with van der Waals surface area (Å²) in [4.78, 5) is 22.1. The molecule has 3 rings (SSSR count). The molecule has 0 amide bonds. The van der Waals surface area contributed by atoms with Crippen molar-refractivity contribution in [2.45, 2.75) is 6.42 Å². The van der Waals surface area contributed by atoms with Crippen LogP contribution in [0.4, 0.5) is 5.88 Å². The van der Waals surface area contributed by atoms with E-state index in [1.807, 2.05) is 6.07 Å². The maximum Gasteiger partial charge on any atom is 0.442 e. The first-order chi connectivity index (χ1) is 11.1. The van der Waals surface area contributed by atoms with Crippen molar-refractivity contribution in [2.75, 3.05) is 6.61 Å².